The van der Waals surface area contributed by atoms with Gasteiger partial charge in [0, 0.05) is 61.4 Å². The zero-order valence-electron chi connectivity index (χ0n) is 63.1. The zero-order chi connectivity index (χ0) is 72.8. The van der Waals surface area contributed by atoms with Gasteiger partial charge in [0.25, 0.3) is 6.71 Å². The van der Waals surface area contributed by atoms with Crippen LogP contribution in [0.2, 0.25) is 0 Å². The van der Waals surface area contributed by atoms with Crippen LogP contribution in [-0.2, 0) is 27.1 Å². The van der Waals surface area contributed by atoms with Crippen LogP contribution >= 0.6 is 0 Å². The Bertz CT molecular complexity index is 6190. The molecular formula is C102H87BN4. The molecule has 0 unspecified atom stereocenters. The molecule has 4 heterocycles. The average molecular weight is 1380 g/mol. The normalized spacial score (nSPS) is 15.6. The summed E-state index contributed by atoms with van der Waals surface area (Å²) in [4.78, 5) is 5.24. The Morgan fingerprint density at radius 3 is 1.12 bits per heavy atom. The van der Waals surface area contributed by atoms with Gasteiger partial charge in [-0.3, -0.25) is 0 Å². The first-order valence-corrected chi connectivity index (χ1v) is 38.5. The maximum Gasteiger partial charge on any atom is 0.252 e. The van der Waals surface area contributed by atoms with E-state index in [0.717, 1.165) is 69.4 Å². The van der Waals surface area contributed by atoms with Crippen molar-refractivity contribution in [2.75, 3.05) is 9.80 Å². The first-order valence-electron chi connectivity index (χ1n) is 38.5. The molecule has 107 heavy (non-hydrogen) atoms. The topological polar surface area (TPSA) is 16.3 Å². The summed E-state index contributed by atoms with van der Waals surface area (Å²) < 4.78 is 5.06. The van der Waals surface area contributed by atoms with Gasteiger partial charge in [-0.05, 0) is 231 Å². The first kappa shape index (κ1) is 64.9. The molecule has 0 saturated carbocycles. The highest BCUT2D eigenvalue weighted by Gasteiger charge is 2.46. The van der Waals surface area contributed by atoms with Gasteiger partial charge in [-0.25, -0.2) is 0 Å². The van der Waals surface area contributed by atoms with Crippen molar-refractivity contribution >= 4 is 101 Å². The van der Waals surface area contributed by atoms with Gasteiger partial charge in [0.15, 0.2) is 0 Å². The Labute approximate surface area is 630 Å². The fourth-order valence-corrected chi connectivity index (χ4v) is 20.2. The smallest absolute Gasteiger partial charge is 0.252 e. The Hall–Kier alpha value is -11.7. The van der Waals surface area contributed by atoms with Crippen molar-refractivity contribution in [1.29, 1.82) is 0 Å². The second-order valence-corrected chi connectivity index (χ2v) is 34.8. The van der Waals surface area contributed by atoms with Crippen LogP contribution in [0.1, 0.15) is 117 Å². The van der Waals surface area contributed by atoms with E-state index in [1.165, 1.54) is 132 Å². The van der Waals surface area contributed by atoms with Crippen molar-refractivity contribution in [1.82, 2.24) is 9.13 Å². The van der Waals surface area contributed by atoms with E-state index in [1.807, 2.05) is 0 Å². The molecule has 0 amide bonds. The summed E-state index contributed by atoms with van der Waals surface area (Å²) in [6, 6.07) is 117. The van der Waals surface area contributed by atoms with E-state index in [0.29, 0.717) is 0 Å². The number of para-hydroxylation sites is 2. The van der Waals surface area contributed by atoms with E-state index in [4.69, 9.17) is 0 Å². The lowest BCUT2D eigenvalue weighted by molar-refractivity contribution is 0.402. The first-order chi connectivity index (χ1) is 51.6. The standard InChI is InChI=1S/C102H87BN4/c1-98(2,3)74-41-30-66(31-42-74)73-40-53-93-88(58-73)103-87-50-47-77(106-91-51-38-69(64-22-14-12-15-23-64)54-81(91)82-55-70(39-52-92(82)106)65-24-16-13-17-25-65)59-94(87)105(76-45-34-68(35-46-76)72-37-49-84-86(57-72)102(10,11)63-100(84,6)7)96-61-78(107-89-28-20-18-26-79(89)80-27-19-21-29-90(80)107)60-95(97(96)103)104(93)75-43-32-67(33-44-75)71-36-48-83-85(56-71)101(8,9)62-99(83,4)5/h12-61H,62-63H2,1-11H3. The van der Waals surface area contributed by atoms with Crippen LogP contribution in [-0.4, -0.2) is 15.8 Å². The van der Waals surface area contributed by atoms with Crippen LogP contribution in [0.15, 0.2) is 303 Å². The SMILES string of the molecule is CC(C)(C)c1ccc(-c2ccc3c(c2)B2c4ccc(-n5c6ccc(-c7ccccc7)cc6c6cc(-c7ccccc7)ccc65)cc4N(c4ccc(-c5ccc6c(c5)C(C)(C)CC6(C)C)cc4)c4cc(-n5c6ccccc6c6ccccc65)cc(c42)N3c2ccc(-c3ccc4c(c3)C(C)(C)CC4(C)C)cc2)cc1. The number of benzene rings is 14. The van der Waals surface area contributed by atoms with Crippen molar-refractivity contribution in [3.63, 3.8) is 0 Å². The molecule has 5 heteroatoms. The molecule has 20 rings (SSSR count). The van der Waals surface area contributed by atoms with Gasteiger partial charge in [0.1, 0.15) is 0 Å². The molecule has 0 atom stereocenters. The largest absolute Gasteiger partial charge is 0.311 e. The highest BCUT2D eigenvalue weighted by molar-refractivity contribution is 7.00. The van der Waals surface area contributed by atoms with Crippen molar-refractivity contribution < 1.29 is 0 Å². The summed E-state index contributed by atoms with van der Waals surface area (Å²) in [5.41, 5.74) is 37.1. The fourth-order valence-electron chi connectivity index (χ4n) is 20.2. The van der Waals surface area contributed by atoms with Crippen LogP contribution in [0.5, 0.6) is 0 Å². The van der Waals surface area contributed by atoms with E-state index in [1.54, 1.807) is 0 Å². The van der Waals surface area contributed by atoms with Crippen molar-refractivity contribution in [2.24, 2.45) is 0 Å². The average Bonchev–Trinajstić information content (AvgIpc) is 0.953. The highest BCUT2D eigenvalue weighted by atomic mass is 15.2. The lowest BCUT2D eigenvalue weighted by Crippen LogP contribution is -2.61. The second kappa shape index (κ2) is 23.4. The molecule has 2 aromatic heterocycles. The maximum atomic E-state index is 2.64. The number of fused-ring (bicyclic) bond motifs is 12. The quantitative estimate of drug-likeness (QED) is 0.134. The second-order valence-electron chi connectivity index (χ2n) is 34.8. The van der Waals surface area contributed by atoms with Crippen molar-refractivity contribution in [3.05, 3.63) is 331 Å². The van der Waals surface area contributed by atoms with Crippen molar-refractivity contribution in [3.8, 4) is 67.0 Å². The third kappa shape index (κ3) is 10.2. The number of aromatic nitrogens is 2. The zero-order valence-corrected chi connectivity index (χ0v) is 63.1. The third-order valence-corrected chi connectivity index (χ3v) is 24.8. The minimum Gasteiger partial charge on any atom is -0.311 e. The molecule has 0 spiro atoms. The van der Waals surface area contributed by atoms with E-state index in [2.05, 4.69) is 398 Å². The fraction of sp³-hybridized carbons (Fsp3) is 0.176. The lowest BCUT2D eigenvalue weighted by Gasteiger charge is -2.44. The Kier molecular flexibility index (Phi) is 14.2. The molecule has 0 radical (unpaired) electrons. The molecule has 0 fully saturated rings. The van der Waals surface area contributed by atoms with E-state index in [9.17, 15) is 0 Å². The number of rotatable bonds is 9. The van der Waals surface area contributed by atoms with Gasteiger partial charge in [0.05, 0.1) is 27.8 Å². The summed E-state index contributed by atoms with van der Waals surface area (Å²) in [7, 11) is 0. The molecule has 2 aliphatic carbocycles. The predicted octanol–water partition coefficient (Wildman–Crippen LogP) is 25.5. The van der Waals surface area contributed by atoms with Crippen LogP contribution < -0.4 is 26.2 Å². The minimum absolute atomic E-state index is 0.0130. The summed E-state index contributed by atoms with van der Waals surface area (Å²) in [5, 5.41) is 4.88. The molecule has 16 aromatic rings. The molecule has 0 bridgehead atoms. The molecule has 0 saturated heterocycles. The van der Waals surface area contributed by atoms with Gasteiger partial charge in [-0.1, -0.05) is 288 Å². The monoisotopic (exact) mass is 1380 g/mol. The van der Waals surface area contributed by atoms with Gasteiger partial charge >= 0.3 is 0 Å². The molecular weight excluding hydrogens is 1290 g/mol. The van der Waals surface area contributed by atoms with E-state index in [-0.39, 0.29) is 33.8 Å². The Morgan fingerprint density at radius 1 is 0.262 bits per heavy atom. The molecule has 4 aliphatic rings. The molecule has 0 N–H and O–H groups in total. The number of nitrogens with zero attached hydrogens (tertiary/aromatic N) is 4. The van der Waals surface area contributed by atoms with Gasteiger partial charge in [-0.15, -0.1) is 0 Å². The predicted molar refractivity (Wildman–Crippen MR) is 456 cm³/mol. The summed E-state index contributed by atoms with van der Waals surface area (Å²) in [6.45, 7) is 26.1. The van der Waals surface area contributed by atoms with E-state index < -0.39 is 0 Å². The van der Waals surface area contributed by atoms with Crippen LogP contribution in [0.25, 0.3) is 111 Å². The molecule has 14 aromatic carbocycles. The van der Waals surface area contributed by atoms with Crippen LogP contribution in [0.4, 0.5) is 34.1 Å². The number of anilines is 6. The lowest BCUT2D eigenvalue weighted by atomic mass is 9.33. The molecule has 2 aliphatic heterocycles. The van der Waals surface area contributed by atoms with Gasteiger partial charge < -0.3 is 18.9 Å². The van der Waals surface area contributed by atoms with Gasteiger partial charge in [0.2, 0.25) is 0 Å². The molecule has 4 nitrogen and oxygen atoms in total. The maximum absolute atomic E-state index is 2.64. The molecule has 518 valence electrons. The number of hydrogen-bond acceptors (Lipinski definition) is 2. The van der Waals surface area contributed by atoms with Crippen molar-refractivity contribution in [2.45, 2.75) is 116 Å². The van der Waals surface area contributed by atoms with Gasteiger partial charge in [-0.2, -0.15) is 0 Å². The Morgan fingerprint density at radius 2 is 0.626 bits per heavy atom. The summed E-state index contributed by atoms with van der Waals surface area (Å²) in [6.07, 6.45) is 2.25. The highest BCUT2D eigenvalue weighted by Crippen LogP contribution is 2.54. The summed E-state index contributed by atoms with van der Waals surface area (Å²) >= 11 is 0. The third-order valence-electron chi connectivity index (χ3n) is 24.8. The Balaban J connectivity index is 0.860. The summed E-state index contributed by atoms with van der Waals surface area (Å²) in [5.74, 6) is 0. The minimum atomic E-state index is -0.191. The van der Waals surface area contributed by atoms with E-state index >= 15 is 0 Å². The number of hydrogen-bond donors (Lipinski definition) is 0. The van der Waals surface area contributed by atoms with Crippen LogP contribution in [0, 0.1) is 0 Å². The van der Waals surface area contributed by atoms with Crippen LogP contribution in [0.3, 0.4) is 0 Å².